The Morgan fingerprint density at radius 3 is 2.83 bits per heavy atom. The third-order valence-corrected chi connectivity index (χ3v) is 3.18. The molecule has 0 atom stereocenters. The van der Waals surface area contributed by atoms with Gasteiger partial charge in [-0.25, -0.2) is 9.37 Å². The van der Waals surface area contributed by atoms with Crippen molar-refractivity contribution in [3.63, 3.8) is 0 Å². The molecular weight excluding hydrogens is 297 g/mol. The van der Waals surface area contributed by atoms with E-state index in [1.54, 1.807) is 6.07 Å². The summed E-state index contributed by atoms with van der Waals surface area (Å²) in [5.41, 5.74) is 8.19. The molecule has 5 heteroatoms. The molecule has 3 aromatic rings. The van der Waals surface area contributed by atoms with E-state index in [4.69, 9.17) is 5.73 Å². The number of nitrogens with zero attached hydrogens (tertiary/aromatic N) is 1. The maximum atomic E-state index is 13.7. The highest BCUT2D eigenvalue weighted by Gasteiger charge is 2.10. The van der Waals surface area contributed by atoms with Gasteiger partial charge in [0.1, 0.15) is 11.6 Å². The van der Waals surface area contributed by atoms with Crippen molar-refractivity contribution >= 4 is 32.7 Å². The third-order valence-electron chi connectivity index (χ3n) is 2.69. The summed E-state index contributed by atoms with van der Waals surface area (Å²) in [4.78, 5) is 7.44. The molecule has 0 bridgehead atoms. The van der Waals surface area contributed by atoms with Gasteiger partial charge in [-0.3, -0.25) is 0 Å². The van der Waals surface area contributed by atoms with Crippen LogP contribution in [0.1, 0.15) is 0 Å². The first kappa shape index (κ1) is 11.2. The minimum Gasteiger partial charge on any atom is -0.399 e. The van der Waals surface area contributed by atoms with E-state index < -0.39 is 0 Å². The van der Waals surface area contributed by atoms with Crippen molar-refractivity contribution in [1.82, 2.24) is 9.97 Å². The van der Waals surface area contributed by atoms with Crippen molar-refractivity contribution in [2.45, 2.75) is 0 Å². The fourth-order valence-electron chi connectivity index (χ4n) is 1.83. The van der Waals surface area contributed by atoms with Crippen LogP contribution in [0.4, 0.5) is 10.1 Å². The Morgan fingerprint density at radius 1 is 1.17 bits per heavy atom. The number of benzene rings is 2. The lowest BCUT2D eigenvalue weighted by Gasteiger charge is -2.00. The Balaban J connectivity index is 2.22. The van der Waals surface area contributed by atoms with Gasteiger partial charge in [-0.1, -0.05) is 15.9 Å². The van der Waals surface area contributed by atoms with Gasteiger partial charge < -0.3 is 10.7 Å². The van der Waals surface area contributed by atoms with Crippen LogP contribution in [0.15, 0.2) is 40.9 Å². The minimum atomic E-state index is -0.345. The van der Waals surface area contributed by atoms with Gasteiger partial charge in [0.2, 0.25) is 0 Å². The summed E-state index contributed by atoms with van der Waals surface area (Å²) in [5.74, 6) is 0.134. The van der Waals surface area contributed by atoms with Crippen LogP contribution in [0, 0.1) is 5.82 Å². The van der Waals surface area contributed by atoms with Gasteiger partial charge >= 0.3 is 0 Å². The van der Waals surface area contributed by atoms with Crippen LogP contribution < -0.4 is 5.73 Å². The number of hydrogen-bond donors (Lipinski definition) is 2. The molecule has 0 saturated carbocycles. The number of imidazole rings is 1. The lowest BCUT2D eigenvalue weighted by atomic mass is 10.2. The summed E-state index contributed by atoms with van der Waals surface area (Å²) in [5, 5.41) is 0. The Morgan fingerprint density at radius 2 is 2.00 bits per heavy atom. The van der Waals surface area contributed by atoms with Crippen LogP contribution >= 0.6 is 15.9 Å². The quantitative estimate of drug-likeness (QED) is 0.673. The zero-order valence-electron chi connectivity index (χ0n) is 9.24. The molecule has 0 amide bonds. The normalized spacial score (nSPS) is 11.0. The monoisotopic (exact) mass is 305 g/mol. The second-order valence-electron chi connectivity index (χ2n) is 3.99. The van der Waals surface area contributed by atoms with E-state index in [9.17, 15) is 4.39 Å². The van der Waals surface area contributed by atoms with Crippen molar-refractivity contribution in [1.29, 1.82) is 0 Å². The number of nitrogen functional groups attached to an aromatic ring is 1. The fourth-order valence-corrected chi connectivity index (χ4v) is 2.19. The fraction of sp³-hybridized carbons (Fsp3) is 0. The van der Waals surface area contributed by atoms with Crippen LogP contribution in [0.2, 0.25) is 0 Å². The largest absolute Gasteiger partial charge is 0.399 e. The van der Waals surface area contributed by atoms with Crippen molar-refractivity contribution in [3.8, 4) is 11.4 Å². The molecular formula is C13H9BrFN3. The van der Waals surface area contributed by atoms with Crippen molar-refractivity contribution in [2.75, 3.05) is 5.73 Å². The van der Waals surface area contributed by atoms with Gasteiger partial charge in [0.05, 0.1) is 16.6 Å². The molecule has 0 fully saturated rings. The van der Waals surface area contributed by atoms with E-state index in [1.165, 1.54) is 12.1 Å². The number of fused-ring (bicyclic) bond motifs is 1. The van der Waals surface area contributed by atoms with E-state index in [1.807, 2.05) is 18.2 Å². The molecule has 3 nitrogen and oxygen atoms in total. The zero-order chi connectivity index (χ0) is 12.7. The number of anilines is 1. The molecule has 3 N–H and O–H groups in total. The van der Waals surface area contributed by atoms with Gasteiger partial charge in [0.25, 0.3) is 0 Å². The average Bonchev–Trinajstić information content (AvgIpc) is 2.74. The molecule has 2 aromatic carbocycles. The highest BCUT2D eigenvalue weighted by atomic mass is 79.9. The summed E-state index contributed by atoms with van der Waals surface area (Å²) >= 11 is 3.38. The van der Waals surface area contributed by atoms with Crippen LogP contribution in [-0.4, -0.2) is 9.97 Å². The van der Waals surface area contributed by atoms with E-state index >= 15 is 0 Å². The molecule has 0 spiro atoms. The van der Waals surface area contributed by atoms with E-state index in [2.05, 4.69) is 25.9 Å². The van der Waals surface area contributed by atoms with Crippen molar-refractivity contribution in [2.24, 2.45) is 0 Å². The van der Waals surface area contributed by atoms with Gasteiger partial charge in [-0.2, -0.15) is 0 Å². The second kappa shape index (κ2) is 4.10. The molecule has 1 heterocycles. The third kappa shape index (κ3) is 1.86. The lowest BCUT2D eigenvalue weighted by Crippen LogP contribution is -1.90. The van der Waals surface area contributed by atoms with E-state index in [-0.39, 0.29) is 5.82 Å². The zero-order valence-corrected chi connectivity index (χ0v) is 10.8. The number of nitrogens with two attached hydrogens (primary N) is 1. The maximum absolute atomic E-state index is 13.7. The highest BCUT2D eigenvalue weighted by Crippen LogP contribution is 2.26. The van der Waals surface area contributed by atoms with Gasteiger partial charge in [-0.05, 0) is 36.4 Å². The first-order valence-electron chi connectivity index (χ1n) is 5.34. The molecule has 18 heavy (non-hydrogen) atoms. The molecule has 90 valence electrons. The van der Waals surface area contributed by atoms with Crippen LogP contribution in [-0.2, 0) is 0 Å². The predicted molar refractivity (Wildman–Crippen MR) is 73.6 cm³/mol. The number of H-pyrrole nitrogens is 1. The Bertz CT molecular complexity index is 736. The molecule has 1 aromatic heterocycles. The summed E-state index contributed by atoms with van der Waals surface area (Å²) in [6.45, 7) is 0. The van der Waals surface area contributed by atoms with E-state index in [0.717, 1.165) is 15.5 Å². The van der Waals surface area contributed by atoms with Crippen LogP contribution in [0.5, 0.6) is 0 Å². The minimum absolute atomic E-state index is 0.345. The number of aromatic nitrogens is 2. The smallest absolute Gasteiger partial charge is 0.141 e. The topological polar surface area (TPSA) is 54.7 Å². The van der Waals surface area contributed by atoms with Crippen LogP contribution in [0.25, 0.3) is 22.4 Å². The van der Waals surface area contributed by atoms with Crippen LogP contribution in [0.3, 0.4) is 0 Å². The number of nitrogens with one attached hydrogen (secondary N) is 1. The van der Waals surface area contributed by atoms with Gasteiger partial charge in [0.15, 0.2) is 0 Å². The number of halogens is 2. The summed E-state index contributed by atoms with van der Waals surface area (Å²) in [6, 6.07) is 10.1. The van der Waals surface area contributed by atoms with Crippen molar-refractivity contribution < 1.29 is 4.39 Å². The number of hydrogen-bond acceptors (Lipinski definition) is 2. The maximum Gasteiger partial charge on any atom is 0.141 e. The predicted octanol–water partition coefficient (Wildman–Crippen LogP) is 3.71. The first-order valence-corrected chi connectivity index (χ1v) is 6.13. The molecule has 0 saturated heterocycles. The number of rotatable bonds is 1. The Kier molecular flexibility index (Phi) is 2.56. The summed E-state index contributed by atoms with van der Waals surface area (Å²) in [6.07, 6.45) is 0. The lowest BCUT2D eigenvalue weighted by molar-refractivity contribution is 0.630. The Hall–Kier alpha value is -1.88. The summed E-state index contributed by atoms with van der Waals surface area (Å²) < 4.78 is 14.7. The SMILES string of the molecule is Nc1ccc(F)c(-c2nc3ccc(Br)cc3[nH]2)c1. The van der Waals surface area contributed by atoms with Gasteiger partial charge in [-0.15, -0.1) is 0 Å². The van der Waals surface area contributed by atoms with Crippen molar-refractivity contribution in [3.05, 3.63) is 46.7 Å². The molecule has 0 radical (unpaired) electrons. The second-order valence-corrected chi connectivity index (χ2v) is 4.90. The molecule has 3 rings (SSSR count). The standard InChI is InChI=1S/C13H9BrFN3/c14-7-1-4-11-12(5-7)18-13(17-11)9-6-8(16)2-3-10(9)15/h1-6H,16H2,(H,17,18). The summed E-state index contributed by atoms with van der Waals surface area (Å²) in [7, 11) is 0. The first-order chi connectivity index (χ1) is 8.63. The number of aromatic amines is 1. The van der Waals surface area contributed by atoms with E-state index in [0.29, 0.717) is 17.1 Å². The molecule has 0 aliphatic carbocycles. The average molecular weight is 306 g/mol. The highest BCUT2D eigenvalue weighted by molar-refractivity contribution is 9.10. The molecule has 0 aliphatic heterocycles. The molecule has 0 aliphatic rings. The molecule has 0 unspecified atom stereocenters. The Labute approximate surface area is 111 Å². The van der Waals surface area contributed by atoms with Gasteiger partial charge in [0, 0.05) is 10.2 Å².